The number of carbonyl (C=O) groups excluding carboxylic acids is 1. The lowest BCUT2D eigenvalue weighted by molar-refractivity contribution is 0.0833. The number of anilines is 1. The quantitative estimate of drug-likeness (QED) is 0.207. The predicted molar refractivity (Wildman–Crippen MR) is 123 cm³/mol. The molecule has 2 N–H and O–H groups in total. The van der Waals surface area contributed by atoms with E-state index in [-0.39, 0.29) is 0 Å². The number of carbonyl (C=O) groups is 1. The van der Waals surface area contributed by atoms with Crippen LogP contribution >= 0.6 is 34.8 Å². The first-order chi connectivity index (χ1) is 14.4. The first kappa shape index (κ1) is 22.0. The number of amides is 1. The fraction of sp³-hybridized carbons (Fsp3) is 0.0909. The second kappa shape index (κ2) is 10.3. The van der Waals surface area contributed by atoms with Gasteiger partial charge in [0, 0.05) is 5.56 Å². The van der Waals surface area contributed by atoms with Crippen LogP contribution < -0.4 is 15.5 Å². The third kappa shape index (κ3) is 6.66. The van der Waals surface area contributed by atoms with E-state index in [1.54, 1.807) is 60.8 Å². The van der Waals surface area contributed by atoms with E-state index in [9.17, 15) is 4.79 Å². The van der Waals surface area contributed by atoms with Crippen molar-refractivity contribution >= 4 is 52.6 Å². The lowest BCUT2D eigenvalue weighted by Crippen LogP contribution is -2.47. The third-order valence-electron chi connectivity index (χ3n) is 3.91. The molecule has 0 aliphatic rings. The monoisotopic (exact) mass is 461 g/mol. The second-order valence-corrected chi connectivity index (χ2v) is 8.55. The molecule has 3 rings (SSSR count). The van der Waals surface area contributed by atoms with Gasteiger partial charge in [-0.15, -0.1) is 0 Å². The number of rotatable bonds is 7. The van der Waals surface area contributed by atoms with Crippen LogP contribution in [0.1, 0.15) is 15.9 Å². The van der Waals surface area contributed by atoms with Gasteiger partial charge >= 0.3 is 0 Å². The molecule has 0 fully saturated rings. The maximum absolute atomic E-state index is 12.4. The van der Waals surface area contributed by atoms with Crippen LogP contribution in [0.15, 0.2) is 90.0 Å². The van der Waals surface area contributed by atoms with Gasteiger partial charge in [0.05, 0.1) is 11.9 Å². The van der Waals surface area contributed by atoms with E-state index >= 15 is 0 Å². The number of para-hydroxylation sites is 1. The van der Waals surface area contributed by atoms with Gasteiger partial charge in [0.2, 0.25) is 10.0 Å². The molecule has 154 valence electrons. The number of ether oxygens (including phenoxy) is 1. The summed E-state index contributed by atoms with van der Waals surface area (Å²) in [5.41, 5.74) is 5.08. The molecule has 0 aliphatic heterocycles. The summed E-state index contributed by atoms with van der Waals surface area (Å²) in [4.78, 5) is 12.4. The zero-order chi connectivity index (χ0) is 21.4. The van der Waals surface area contributed by atoms with E-state index in [4.69, 9.17) is 39.5 Å². The molecule has 0 aliphatic carbocycles. The van der Waals surface area contributed by atoms with Gasteiger partial charge in [0.1, 0.15) is 5.75 Å². The number of alkyl halides is 3. The maximum Gasteiger partial charge on any atom is 0.254 e. The number of nitrogens with one attached hydrogen (secondary N) is 2. The van der Waals surface area contributed by atoms with Crippen LogP contribution in [0, 0.1) is 0 Å². The smallest absolute Gasteiger partial charge is 0.254 e. The Kier molecular flexibility index (Phi) is 7.57. The fourth-order valence-electron chi connectivity index (χ4n) is 2.43. The number of hydrazone groups is 1. The van der Waals surface area contributed by atoms with Crippen molar-refractivity contribution in [1.82, 2.24) is 5.32 Å². The van der Waals surface area contributed by atoms with Crippen molar-refractivity contribution in [1.29, 1.82) is 0 Å². The molecule has 8 heteroatoms. The first-order valence-corrected chi connectivity index (χ1v) is 10.1. The first-order valence-electron chi connectivity index (χ1n) is 8.95. The van der Waals surface area contributed by atoms with E-state index in [0.29, 0.717) is 11.3 Å². The molecule has 1 atom stereocenters. The highest BCUT2D eigenvalue weighted by atomic mass is 35.6. The van der Waals surface area contributed by atoms with Gasteiger partial charge in [-0.1, -0.05) is 71.2 Å². The van der Waals surface area contributed by atoms with Gasteiger partial charge in [-0.05, 0) is 54.1 Å². The molecule has 0 aromatic heterocycles. The summed E-state index contributed by atoms with van der Waals surface area (Å²) in [7, 11) is 0. The van der Waals surface area contributed by atoms with Crippen molar-refractivity contribution in [3.63, 3.8) is 0 Å². The third-order valence-corrected chi connectivity index (χ3v) is 4.51. The van der Waals surface area contributed by atoms with Crippen molar-refractivity contribution in [2.45, 2.75) is 10.0 Å². The maximum atomic E-state index is 12.4. The van der Waals surface area contributed by atoms with Crippen LogP contribution in [0.3, 0.4) is 0 Å². The average Bonchev–Trinajstić information content (AvgIpc) is 2.75. The Hall–Kier alpha value is -2.73. The molecule has 1 amide bonds. The Bertz CT molecular complexity index is 976. The van der Waals surface area contributed by atoms with Gasteiger partial charge in [0.25, 0.3) is 5.91 Å². The van der Waals surface area contributed by atoms with Crippen LogP contribution in [-0.2, 0) is 0 Å². The highest BCUT2D eigenvalue weighted by molar-refractivity contribution is 6.68. The van der Waals surface area contributed by atoms with Gasteiger partial charge in [-0.3, -0.25) is 10.2 Å². The standard InChI is InChI=1S/C22H18Cl3N3O2/c23-22(24,25)21(27-20(29)17-7-3-1-4-8-17)30-19-13-11-16(12-14-19)15-26-28-18-9-5-2-6-10-18/h1-15,21,28H,(H,27,29)/b26-15-/t21-/m1/s1. The molecule has 3 aromatic rings. The van der Waals surface area contributed by atoms with Crippen LogP contribution in [0.5, 0.6) is 5.75 Å². The summed E-state index contributed by atoms with van der Waals surface area (Å²) in [5.74, 6) is 0.00974. The fourth-order valence-corrected chi connectivity index (χ4v) is 2.73. The van der Waals surface area contributed by atoms with Crippen LogP contribution in [0.25, 0.3) is 0 Å². The Morgan fingerprint density at radius 1 is 0.900 bits per heavy atom. The highest BCUT2D eigenvalue weighted by Crippen LogP contribution is 2.32. The highest BCUT2D eigenvalue weighted by Gasteiger charge is 2.36. The normalized spacial score (nSPS) is 12.4. The topological polar surface area (TPSA) is 62.7 Å². The molecular weight excluding hydrogens is 445 g/mol. The molecule has 0 saturated heterocycles. The summed E-state index contributed by atoms with van der Waals surface area (Å²) in [6.07, 6.45) is 0.481. The van der Waals surface area contributed by atoms with E-state index in [0.717, 1.165) is 11.3 Å². The second-order valence-electron chi connectivity index (χ2n) is 6.18. The molecule has 5 nitrogen and oxygen atoms in total. The number of halogens is 3. The predicted octanol–water partition coefficient (Wildman–Crippen LogP) is 5.64. The number of hydrogen-bond donors (Lipinski definition) is 2. The van der Waals surface area contributed by atoms with Crippen molar-refractivity contribution in [3.8, 4) is 5.75 Å². The Labute approximate surface area is 189 Å². The molecule has 0 unspecified atom stereocenters. The molecule has 0 saturated carbocycles. The number of nitrogens with zero attached hydrogens (tertiary/aromatic N) is 1. The Morgan fingerprint density at radius 3 is 2.10 bits per heavy atom. The van der Waals surface area contributed by atoms with Gasteiger partial charge < -0.3 is 10.1 Å². The van der Waals surface area contributed by atoms with Crippen molar-refractivity contribution < 1.29 is 9.53 Å². The molecular formula is C22H18Cl3N3O2. The van der Waals surface area contributed by atoms with Crippen molar-refractivity contribution in [2.24, 2.45) is 5.10 Å². The van der Waals surface area contributed by atoms with Crippen LogP contribution in [0.2, 0.25) is 0 Å². The van der Waals surface area contributed by atoms with Crippen LogP contribution in [0.4, 0.5) is 5.69 Å². The zero-order valence-corrected chi connectivity index (χ0v) is 17.9. The van der Waals surface area contributed by atoms with E-state index in [1.165, 1.54) is 0 Å². The number of benzene rings is 3. The largest absolute Gasteiger partial charge is 0.466 e. The Balaban J connectivity index is 1.63. The molecule has 3 aromatic carbocycles. The summed E-state index contributed by atoms with van der Waals surface area (Å²) < 4.78 is 3.84. The number of hydrogen-bond acceptors (Lipinski definition) is 4. The van der Waals surface area contributed by atoms with Gasteiger partial charge in [-0.2, -0.15) is 5.10 Å². The minimum absolute atomic E-state index is 0.414. The molecule has 0 spiro atoms. The Morgan fingerprint density at radius 2 is 1.50 bits per heavy atom. The lowest BCUT2D eigenvalue weighted by Gasteiger charge is -2.26. The van der Waals surface area contributed by atoms with Crippen molar-refractivity contribution in [2.75, 3.05) is 5.43 Å². The van der Waals surface area contributed by atoms with Crippen molar-refractivity contribution in [3.05, 3.63) is 96.1 Å². The molecule has 0 bridgehead atoms. The molecule has 30 heavy (non-hydrogen) atoms. The van der Waals surface area contributed by atoms with E-state index in [2.05, 4.69) is 15.8 Å². The average molecular weight is 463 g/mol. The zero-order valence-electron chi connectivity index (χ0n) is 15.6. The summed E-state index contributed by atoms with van der Waals surface area (Å²) in [6.45, 7) is 0. The summed E-state index contributed by atoms with van der Waals surface area (Å²) >= 11 is 18.0. The minimum Gasteiger partial charge on any atom is -0.466 e. The molecule has 0 radical (unpaired) electrons. The van der Waals surface area contributed by atoms with Gasteiger partial charge in [-0.25, -0.2) is 0 Å². The minimum atomic E-state index is -1.87. The lowest BCUT2D eigenvalue weighted by atomic mass is 10.2. The summed E-state index contributed by atoms with van der Waals surface area (Å²) in [6, 6.07) is 25.2. The van der Waals surface area contributed by atoms with E-state index < -0.39 is 15.9 Å². The van der Waals surface area contributed by atoms with Gasteiger partial charge in [0.15, 0.2) is 0 Å². The van der Waals surface area contributed by atoms with Crippen LogP contribution in [-0.4, -0.2) is 22.1 Å². The van der Waals surface area contributed by atoms with E-state index in [1.807, 2.05) is 30.3 Å². The SMILES string of the molecule is O=C(N[C@H](Oc1ccc(/C=N\Nc2ccccc2)cc1)C(Cl)(Cl)Cl)c1ccccc1. The molecule has 0 heterocycles. The summed E-state index contributed by atoms with van der Waals surface area (Å²) in [5, 5.41) is 6.77.